The summed E-state index contributed by atoms with van der Waals surface area (Å²) >= 11 is 0. The number of rotatable bonds is 16. The standard InChI is InChI=1S/C38H50N4O6/c43-28-31-14-16-32(17-15-31)35-24-34(27-42-22-20-41(21-23-42)26-30-8-4-3-5-9-30)47-38(48-35)33-18-12-29(13-19-33)25-39-36(44)10-6-1-2-7-11-37(45)40-46/h3-5,8-9,12-19,34-35,38,43,46H,1-2,6-7,10-11,20-28H2,(H,39,44)(H,40,45)/t34-,35+,38+/m0/s1. The summed E-state index contributed by atoms with van der Waals surface area (Å²) in [5, 5.41) is 21.1. The van der Waals surface area contributed by atoms with Crippen molar-refractivity contribution in [1.29, 1.82) is 0 Å². The van der Waals surface area contributed by atoms with Gasteiger partial charge < -0.3 is 19.9 Å². The van der Waals surface area contributed by atoms with E-state index in [1.807, 2.05) is 48.5 Å². The number of carbonyl (C=O) groups excluding carboxylic acids is 2. The number of nitrogens with one attached hydrogen (secondary N) is 2. The van der Waals surface area contributed by atoms with E-state index in [1.54, 1.807) is 5.48 Å². The first-order chi connectivity index (χ1) is 23.5. The monoisotopic (exact) mass is 658 g/mol. The van der Waals surface area contributed by atoms with Gasteiger partial charge in [-0.15, -0.1) is 0 Å². The Kier molecular flexibility index (Phi) is 14.0. The molecule has 2 heterocycles. The lowest BCUT2D eigenvalue weighted by atomic mass is 9.99. The highest BCUT2D eigenvalue weighted by molar-refractivity contribution is 5.75. The average Bonchev–Trinajstić information content (AvgIpc) is 3.13. The van der Waals surface area contributed by atoms with Gasteiger partial charge in [0, 0.05) is 70.6 Å². The Morgan fingerprint density at radius 1 is 0.708 bits per heavy atom. The zero-order valence-electron chi connectivity index (χ0n) is 27.8. The molecule has 2 fully saturated rings. The quantitative estimate of drug-likeness (QED) is 0.0964. The van der Waals surface area contributed by atoms with Gasteiger partial charge in [-0.25, -0.2) is 5.48 Å². The maximum absolute atomic E-state index is 12.4. The van der Waals surface area contributed by atoms with Gasteiger partial charge >= 0.3 is 0 Å². The minimum absolute atomic E-state index is 0.00209. The number of amides is 2. The molecular formula is C38H50N4O6. The van der Waals surface area contributed by atoms with Crippen LogP contribution in [0.4, 0.5) is 0 Å². The van der Waals surface area contributed by atoms with Crippen molar-refractivity contribution in [3.8, 4) is 0 Å². The molecule has 0 spiro atoms. The molecule has 0 bridgehead atoms. The molecular weight excluding hydrogens is 608 g/mol. The fourth-order valence-corrected chi connectivity index (χ4v) is 6.35. The number of unbranched alkanes of at least 4 members (excludes halogenated alkanes) is 3. The number of nitrogens with zero attached hydrogens (tertiary/aromatic N) is 2. The maximum Gasteiger partial charge on any atom is 0.243 e. The summed E-state index contributed by atoms with van der Waals surface area (Å²) in [6.07, 6.45) is 3.99. The molecule has 2 amide bonds. The van der Waals surface area contributed by atoms with Crippen LogP contribution in [-0.4, -0.2) is 70.8 Å². The molecule has 2 aliphatic heterocycles. The van der Waals surface area contributed by atoms with Crippen LogP contribution in [0.5, 0.6) is 0 Å². The fourth-order valence-electron chi connectivity index (χ4n) is 6.35. The second-order valence-corrected chi connectivity index (χ2v) is 12.9. The van der Waals surface area contributed by atoms with Crippen molar-refractivity contribution in [2.75, 3.05) is 32.7 Å². The minimum Gasteiger partial charge on any atom is -0.392 e. The van der Waals surface area contributed by atoms with Crippen molar-refractivity contribution < 1.29 is 29.4 Å². The molecule has 48 heavy (non-hydrogen) atoms. The van der Waals surface area contributed by atoms with Gasteiger partial charge in [0.1, 0.15) is 0 Å². The number of aliphatic hydroxyl groups is 1. The number of ether oxygens (including phenoxy) is 2. The van der Waals surface area contributed by atoms with Crippen molar-refractivity contribution in [3.05, 3.63) is 107 Å². The number of carbonyl (C=O) groups is 2. The number of hydroxylamine groups is 1. The summed E-state index contributed by atoms with van der Waals surface area (Å²) in [6, 6.07) is 26.7. The van der Waals surface area contributed by atoms with Gasteiger partial charge in [0.05, 0.1) is 18.8 Å². The maximum atomic E-state index is 12.4. The second kappa shape index (κ2) is 18.8. The molecule has 10 heteroatoms. The molecule has 0 aromatic heterocycles. The van der Waals surface area contributed by atoms with Crippen molar-refractivity contribution in [3.63, 3.8) is 0 Å². The van der Waals surface area contributed by atoms with E-state index in [0.717, 1.165) is 87.2 Å². The van der Waals surface area contributed by atoms with Gasteiger partial charge in [-0.05, 0) is 35.1 Å². The van der Waals surface area contributed by atoms with Crippen LogP contribution in [0, 0.1) is 0 Å². The van der Waals surface area contributed by atoms with Gasteiger partial charge in [-0.3, -0.25) is 24.6 Å². The zero-order valence-corrected chi connectivity index (χ0v) is 27.8. The summed E-state index contributed by atoms with van der Waals surface area (Å²) in [7, 11) is 0. The summed E-state index contributed by atoms with van der Waals surface area (Å²) in [4.78, 5) is 28.4. The van der Waals surface area contributed by atoms with Gasteiger partial charge in [0.15, 0.2) is 6.29 Å². The van der Waals surface area contributed by atoms with E-state index in [4.69, 9.17) is 14.7 Å². The van der Waals surface area contributed by atoms with Crippen molar-refractivity contribution >= 4 is 11.8 Å². The lowest BCUT2D eigenvalue weighted by molar-refractivity contribution is -0.253. The Hall–Kier alpha value is -3.64. The van der Waals surface area contributed by atoms with E-state index in [1.165, 1.54) is 5.56 Å². The van der Waals surface area contributed by atoms with Crippen LogP contribution in [0.25, 0.3) is 0 Å². The van der Waals surface area contributed by atoms with Crippen molar-refractivity contribution in [1.82, 2.24) is 20.6 Å². The number of hydrogen-bond acceptors (Lipinski definition) is 8. The molecule has 2 saturated heterocycles. The topological polar surface area (TPSA) is 124 Å². The van der Waals surface area contributed by atoms with E-state index in [-0.39, 0.29) is 30.6 Å². The molecule has 0 unspecified atom stereocenters. The Morgan fingerprint density at radius 2 is 1.33 bits per heavy atom. The van der Waals surface area contributed by atoms with Crippen LogP contribution in [0.1, 0.15) is 85.2 Å². The van der Waals surface area contributed by atoms with Gasteiger partial charge in [-0.1, -0.05) is 91.7 Å². The first-order valence-corrected chi connectivity index (χ1v) is 17.3. The predicted molar refractivity (Wildman–Crippen MR) is 183 cm³/mol. The first-order valence-electron chi connectivity index (χ1n) is 17.3. The summed E-state index contributed by atoms with van der Waals surface area (Å²) < 4.78 is 13.2. The van der Waals surface area contributed by atoms with E-state index in [2.05, 4.69) is 45.4 Å². The molecule has 5 rings (SSSR count). The molecule has 0 aliphatic carbocycles. The molecule has 4 N–H and O–H groups in total. The van der Waals surface area contributed by atoms with Crippen molar-refractivity contribution in [2.45, 2.75) is 83.1 Å². The second-order valence-electron chi connectivity index (χ2n) is 12.9. The third kappa shape index (κ3) is 11.2. The summed E-state index contributed by atoms with van der Waals surface area (Å²) in [5.74, 6) is -0.373. The van der Waals surface area contributed by atoms with E-state index in [0.29, 0.717) is 25.8 Å². The van der Waals surface area contributed by atoms with Crippen molar-refractivity contribution in [2.24, 2.45) is 0 Å². The van der Waals surface area contributed by atoms with Crippen LogP contribution in [0.15, 0.2) is 78.9 Å². The van der Waals surface area contributed by atoms with Gasteiger partial charge in [0.2, 0.25) is 11.8 Å². The Labute approximate surface area is 284 Å². The molecule has 0 saturated carbocycles. The smallest absolute Gasteiger partial charge is 0.243 e. The number of aliphatic hydroxyl groups excluding tert-OH is 1. The lowest BCUT2D eigenvalue weighted by Crippen LogP contribution is -2.49. The summed E-state index contributed by atoms with van der Waals surface area (Å²) in [6.45, 7) is 6.32. The van der Waals surface area contributed by atoms with E-state index >= 15 is 0 Å². The van der Waals surface area contributed by atoms with Crippen LogP contribution >= 0.6 is 0 Å². The summed E-state index contributed by atoms with van der Waals surface area (Å²) in [5.41, 5.74) is 6.88. The predicted octanol–water partition coefficient (Wildman–Crippen LogP) is 5.00. The SMILES string of the molecule is O=C(CCCCCCC(=O)NCc1ccc([C@@H]2O[C@H](CN3CCN(Cc4ccccc4)CC3)C[C@H](c3ccc(CO)cc3)O2)cc1)NO. The molecule has 0 radical (unpaired) electrons. The fraction of sp³-hybridized carbons (Fsp3) is 0.474. The highest BCUT2D eigenvalue weighted by Gasteiger charge is 2.33. The van der Waals surface area contributed by atoms with Gasteiger partial charge in [0.25, 0.3) is 0 Å². The van der Waals surface area contributed by atoms with Crippen LogP contribution in [0.3, 0.4) is 0 Å². The highest BCUT2D eigenvalue weighted by atomic mass is 16.7. The molecule has 2 aliphatic rings. The van der Waals surface area contributed by atoms with E-state index in [9.17, 15) is 14.7 Å². The highest BCUT2D eigenvalue weighted by Crippen LogP contribution is 2.38. The lowest BCUT2D eigenvalue weighted by Gasteiger charge is -2.40. The average molecular weight is 659 g/mol. The van der Waals surface area contributed by atoms with Crippen LogP contribution in [0.2, 0.25) is 0 Å². The Bertz CT molecular complexity index is 1400. The van der Waals surface area contributed by atoms with Gasteiger partial charge in [-0.2, -0.15) is 0 Å². The number of piperazine rings is 1. The zero-order chi connectivity index (χ0) is 33.6. The normalized spacial score (nSPS) is 20.3. The third-order valence-corrected chi connectivity index (χ3v) is 9.21. The molecule has 3 aromatic rings. The van der Waals surface area contributed by atoms with E-state index < -0.39 is 6.29 Å². The minimum atomic E-state index is -0.516. The van der Waals surface area contributed by atoms with Crippen LogP contribution in [-0.2, 0) is 38.8 Å². The molecule has 258 valence electrons. The number of benzene rings is 3. The molecule has 3 aromatic carbocycles. The first kappa shape index (κ1) is 35.7. The Morgan fingerprint density at radius 3 is 2.00 bits per heavy atom. The number of hydrogen-bond donors (Lipinski definition) is 4. The largest absolute Gasteiger partial charge is 0.392 e. The third-order valence-electron chi connectivity index (χ3n) is 9.21. The molecule has 10 nitrogen and oxygen atoms in total. The Balaban J connectivity index is 1.13. The van der Waals surface area contributed by atoms with Crippen LogP contribution < -0.4 is 10.8 Å². The molecule has 3 atom stereocenters.